The number of carbonyl (C=O) groups is 1. The smallest absolute Gasteiger partial charge is 0.466 e. The maximum absolute atomic E-state index is 12.0. The number of aryl methyl sites for hydroxylation is 1. The third-order valence-electron chi connectivity index (χ3n) is 5.80. The first-order chi connectivity index (χ1) is 11.6. The summed E-state index contributed by atoms with van der Waals surface area (Å²) in [6.45, 7) is 10.3. The zero-order chi connectivity index (χ0) is 18.4. The molecule has 0 aromatic heterocycles. The molecule has 1 unspecified atom stereocenters. The number of hydrogen-bond acceptors (Lipinski definition) is 4. The number of fused-ring (bicyclic) bond motifs is 1. The van der Waals surface area contributed by atoms with Crippen molar-refractivity contribution in [3.05, 3.63) is 34.9 Å². The van der Waals surface area contributed by atoms with E-state index in [4.69, 9.17) is 14.0 Å². The van der Waals surface area contributed by atoms with Crippen molar-refractivity contribution in [1.82, 2.24) is 0 Å². The SMILES string of the molecule is COC(=O)C1=Cc2ccc(B3OC(C)(C)C(C)(C)O3)cc2CCC1C. The molecule has 25 heavy (non-hydrogen) atoms. The Kier molecular flexibility index (Phi) is 4.58. The van der Waals surface area contributed by atoms with E-state index in [1.165, 1.54) is 12.7 Å². The molecule has 1 saturated heterocycles. The minimum atomic E-state index is -0.361. The number of ether oxygens (including phenoxy) is 1. The monoisotopic (exact) mass is 342 g/mol. The molecular formula is C20H27BO4. The Morgan fingerprint density at radius 3 is 2.44 bits per heavy atom. The fourth-order valence-corrected chi connectivity index (χ4v) is 3.32. The highest BCUT2D eigenvalue weighted by molar-refractivity contribution is 6.62. The van der Waals surface area contributed by atoms with E-state index in [1.54, 1.807) is 0 Å². The van der Waals surface area contributed by atoms with Gasteiger partial charge in [-0.15, -0.1) is 0 Å². The van der Waals surface area contributed by atoms with Crippen LogP contribution in [0.15, 0.2) is 23.8 Å². The van der Waals surface area contributed by atoms with Crippen LogP contribution in [-0.4, -0.2) is 31.4 Å². The van der Waals surface area contributed by atoms with Crippen LogP contribution in [0.5, 0.6) is 0 Å². The Labute approximate surface area is 150 Å². The van der Waals surface area contributed by atoms with Crippen LogP contribution >= 0.6 is 0 Å². The molecule has 1 aliphatic heterocycles. The summed E-state index contributed by atoms with van der Waals surface area (Å²) in [5, 5.41) is 0. The van der Waals surface area contributed by atoms with E-state index in [0.717, 1.165) is 29.4 Å². The maximum atomic E-state index is 12.0. The van der Waals surface area contributed by atoms with Gasteiger partial charge in [0.25, 0.3) is 0 Å². The molecule has 1 aromatic rings. The minimum Gasteiger partial charge on any atom is -0.466 e. The van der Waals surface area contributed by atoms with Gasteiger partial charge in [0.1, 0.15) is 0 Å². The van der Waals surface area contributed by atoms with Gasteiger partial charge >= 0.3 is 13.1 Å². The van der Waals surface area contributed by atoms with Gasteiger partial charge in [0.2, 0.25) is 0 Å². The van der Waals surface area contributed by atoms with E-state index in [2.05, 4.69) is 46.8 Å². The van der Waals surface area contributed by atoms with E-state index in [9.17, 15) is 4.79 Å². The van der Waals surface area contributed by atoms with Crippen molar-refractivity contribution in [2.24, 2.45) is 5.92 Å². The Balaban J connectivity index is 1.92. The topological polar surface area (TPSA) is 44.8 Å². The molecule has 0 bridgehead atoms. The summed E-state index contributed by atoms with van der Waals surface area (Å²) in [5.41, 5.74) is 3.36. The van der Waals surface area contributed by atoms with Gasteiger partial charge in [-0.2, -0.15) is 0 Å². The van der Waals surface area contributed by atoms with E-state index in [-0.39, 0.29) is 30.2 Å². The Morgan fingerprint density at radius 2 is 1.84 bits per heavy atom. The van der Waals surface area contributed by atoms with Crippen LogP contribution in [0.1, 0.15) is 52.2 Å². The third kappa shape index (κ3) is 3.27. The van der Waals surface area contributed by atoms with Gasteiger partial charge in [-0.25, -0.2) is 4.79 Å². The molecule has 1 aliphatic carbocycles. The summed E-state index contributed by atoms with van der Waals surface area (Å²) in [7, 11) is 1.07. The normalized spacial score (nSPS) is 24.3. The van der Waals surface area contributed by atoms with E-state index in [1.807, 2.05) is 12.1 Å². The number of esters is 1. The molecule has 2 aliphatic rings. The molecule has 4 nitrogen and oxygen atoms in total. The molecule has 0 spiro atoms. The van der Waals surface area contributed by atoms with Gasteiger partial charge in [0, 0.05) is 5.57 Å². The lowest BCUT2D eigenvalue weighted by atomic mass is 9.77. The zero-order valence-corrected chi connectivity index (χ0v) is 16.0. The average molecular weight is 342 g/mol. The second-order valence-corrected chi connectivity index (χ2v) is 8.08. The number of carbonyl (C=O) groups excluding carboxylic acids is 1. The van der Waals surface area contributed by atoms with Crippen molar-refractivity contribution in [1.29, 1.82) is 0 Å². The van der Waals surface area contributed by atoms with Crippen LogP contribution < -0.4 is 5.46 Å². The first-order valence-electron chi connectivity index (χ1n) is 8.93. The molecule has 0 radical (unpaired) electrons. The summed E-state index contributed by atoms with van der Waals surface area (Å²) in [6.07, 6.45) is 3.80. The van der Waals surface area contributed by atoms with Crippen molar-refractivity contribution in [2.75, 3.05) is 7.11 Å². The predicted molar refractivity (Wildman–Crippen MR) is 99.6 cm³/mol. The van der Waals surface area contributed by atoms with Crippen LogP contribution in [0.2, 0.25) is 0 Å². The van der Waals surface area contributed by atoms with Crippen molar-refractivity contribution in [3.8, 4) is 0 Å². The van der Waals surface area contributed by atoms with E-state index < -0.39 is 0 Å². The third-order valence-corrected chi connectivity index (χ3v) is 5.80. The minimum absolute atomic E-state index is 0.181. The lowest BCUT2D eigenvalue weighted by Crippen LogP contribution is -2.41. The first-order valence-corrected chi connectivity index (χ1v) is 8.93. The standard InChI is InChI=1S/C20H27BO4/c1-13-7-8-14-11-16(21-24-19(2,3)20(4,5)25-21)10-9-15(14)12-17(13)18(22)23-6/h9-13H,7-8H2,1-6H3. The van der Waals surface area contributed by atoms with Gasteiger partial charge in [0.15, 0.2) is 0 Å². The summed E-state index contributed by atoms with van der Waals surface area (Å²) in [5.74, 6) is -0.0597. The van der Waals surface area contributed by atoms with Crippen LogP contribution in [0.4, 0.5) is 0 Å². The molecular weight excluding hydrogens is 315 g/mol. The molecule has 0 N–H and O–H groups in total. The quantitative estimate of drug-likeness (QED) is 0.612. The zero-order valence-electron chi connectivity index (χ0n) is 16.0. The summed E-state index contributed by atoms with van der Waals surface area (Å²) < 4.78 is 17.3. The van der Waals surface area contributed by atoms with Gasteiger partial charge in [-0.05, 0) is 69.1 Å². The largest absolute Gasteiger partial charge is 0.494 e. The highest BCUT2D eigenvalue weighted by Gasteiger charge is 2.51. The van der Waals surface area contributed by atoms with Crippen molar-refractivity contribution in [3.63, 3.8) is 0 Å². The van der Waals surface area contributed by atoms with Crippen LogP contribution in [0.25, 0.3) is 6.08 Å². The van der Waals surface area contributed by atoms with Gasteiger partial charge in [-0.3, -0.25) is 0 Å². The second kappa shape index (κ2) is 6.29. The molecule has 0 saturated carbocycles. The molecule has 3 rings (SSSR count). The summed E-state index contributed by atoms with van der Waals surface area (Å²) in [6, 6.07) is 6.24. The molecule has 1 atom stereocenters. The average Bonchev–Trinajstić information content (AvgIpc) is 2.68. The first kappa shape index (κ1) is 18.2. The lowest BCUT2D eigenvalue weighted by Gasteiger charge is -2.32. The maximum Gasteiger partial charge on any atom is 0.494 e. The Morgan fingerprint density at radius 1 is 1.20 bits per heavy atom. The van der Waals surface area contributed by atoms with E-state index >= 15 is 0 Å². The van der Waals surface area contributed by atoms with Gasteiger partial charge < -0.3 is 14.0 Å². The predicted octanol–water partition coefficient (Wildman–Crippen LogP) is 3.12. The Hall–Kier alpha value is -1.59. The Bertz CT molecular complexity index is 704. The lowest BCUT2D eigenvalue weighted by molar-refractivity contribution is -0.136. The fraction of sp³-hybridized carbons (Fsp3) is 0.550. The summed E-state index contributed by atoms with van der Waals surface area (Å²) in [4.78, 5) is 12.0. The molecule has 5 heteroatoms. The molecule has 1 aromatic carbocycles. The number of methoxy groups -OCH3 is 1. The molecule has 1 heterocycles. The summed E-state index contributed by atoms with van der Waals surface area (Å²) >= 11 is 0. The highest BCUT2D eigenvalue weighted by atomic mass is 16.7. The van der Waals surface area contributed by atoms with Crippen LogP contribution in [0, 0.1) is 5.92 Å². The van der Waals surface area contributed by atoms with Gasteiger partial charge in [0.05, 0.1) is 18.3 Å². The van der Waals surface area contributed by atoms with Crippen molar-refractivity contribution < 1.29 is 18.8 Å². The number of benzene rings is 1. The number of rotatable bonds is 2. The fourth-order valence-electron chi connectivity index (χ4n) is 3.32. The van der Waals surface area contributed by atoms with Crippen molar-refractivity contribution >= 4 is 24.6 Å². The number of hydrogen-bond donors (Lipinski definition) is 0. The van der Waals surface area contributed by atoms with Crippen molar-refractivity contribution in [2.45, 2.75) is 58.7 Å². The second-order valence-electron chi connectivity index (χ2n) is 8.08. The molecule has 134 valence electrons. The van der Waals surface area contributed by atoms with Gasteiger partial charge in [-0.1, -0.05) is 25.1 Å². The van der Waals surface area contributed by atoms with E-state index in [0.29, 0.717) is 0 Å². The molecule has 1 fully saturated rings. The highest BCUT2D eigenvalue weighted by Crippen LogP contribution is 2.37. The van der Waals surface area contributed by atoms with Crippen LogP contribution in [-0.2, 0) is 25.3 Å². The van der Waals surface area contributed by atoms with Crippen LogP contribution in [0.3, 0.4) is 0 Å². The molecule has 0 amide bonds.